The number of ether oxygens (including phenoxy) is 1. The van der Waals surface area contributed by atoms with Gasteiger partial charge in [-0.3, -0.25) is 4.90 Å². The highest BCUT2D eigenvalue weighted by molar-refractivity contribution is 5.36. The second kappa shape index (κ2) is 6.13. The molecule has 4 nitrogen and oxygen atoms in total. The maximum Gasteiger partial charge on any atom is 0.123 e. The number of hydrogen-bond donors (Lipinski definition) is 2. The average Bonchev–Trinajstić information content (AvgIpc) is 2.41. The minimum Gasteiger partial charge on any atom is -0.496 e. The van der Waals surface area contributed by atoms with Crippen LogP contribution in [0.3, 0.4) is 0 Å². The van der Waals surface area contributed by atoms with Gasteiger partial charge in [0.05, 0.1) is 19.8 Å². The van der Waals surface area contributed by atoms with E-state index in [1.807, 2.05) is 0 Å². The summed E-state index contributed by atoms with van der Waals surface area (Å²) in [5, 5.41) is 12.9. The molecule has 0 amide bonds. The van der Waals surface area contributed by atoms with Crippen LogP contribution in [0, 0.1) is 5.82 Å². The van der Waals surface area contributed by atoms with Gasteiger partial charge in [-0.05, 0) is 18.2 Å². The molecule has 1 aromatic rings. The first-order valence-electron chi connectivity index (χ1n) is 6.15. The van der Waals surface area contributed by atoms with Crippen LogP contribution in [0.2, 0.25) is 0 Å². The molecule has 0 aromatic heterocycles. The summed E-state index contributed by atoms with van der Waals surface area (Å²) in [4.78, 5) is 2.15. The van der Waals surface area contributed by atoms with Gasteiger partial charge in [0.15, 0.2) is 0 Å². The Morgan fingerprint density at radius 1 is 1.44 bits per heavy atom. The second-order valence-electron chi connectivity index (χ2n) is 4.37. The van der Waals surface area contributed by atoms with Gasteiger partial charge in [0.2, 0.25) is 0 Å². The van der Waals surface area contributed by atoms with Gasteiger partial charge in [0.25, 0.3) is 0 Å². The number of aliphatic hydroxyl groups is 1. The lowest BCUT2D eigenvalue weighted by Gasteiger charge is -2.34. The molecule has 1 saturated heterocycles. The molecule has 5 heteroatoms. The molecule has 100 valence electrons. The fourth-order valence-electron chi connectivity index (χ4n) is 2.37. The number of benzene rings is 1. The summed E-state index contributed by atoms with van der Waals surface area (Å²) in [5.74, 6) is 0.313. The van der Waals surface area contributed by atoms with Crippen LogP contribution < -0.4 is 10.1 Å². The summed E-state index contributed by atoms with van der Waals surface area (Å²) >= 11 is 0. The molecule has 0 aliphatic carbocycles. The number of nitrogens with zero attached hydrogens (tertiary/aromatic N) is 1. The number of methoxy groups -OCH3 is 1. The van der Waals surface area contributed by atoms with E-state index in [1.54, 1.807) is 13.2 Å². The summed E-state index contributed by atoms with van der Waals surface area (Å²) in [6, 6.07) is 4.21. The number of halogens is 1. The van der Waals surface area contributed by atoms with Gasteiger partial charge in [0, 0.05) is 31.7 Å². The maximum absolute atomic E-state index is 13.4. The van der Waals surface area contributed by atoms with E-state index in [0.29, 0.717) is 11.3 Å². The Hall–Kier alpha value is -1.17. The molecule has 1 fully saturated rings. The fraction of sp³-hybridized carbons (Fsp3) is 0.538. The van der Waals surface area contributed by atoms with Crippen molar-refractivity contribution in [1.82, 2.24) is 10.2 Å². The number of aliphatic hydroxyl groups excluding tert-OH is 1. The second-order valence-corrected chi connectivity index (χ2v) is 4.37. The number of hydrogen-bond acceptors (Lipinski definition) is 4. The molecular weight excluding hydrogens is 235 g/mol. The Morgan fingerprint density at radius 3 is 2.78 bits per heavy atom. The minimum atomic E-state index is -0.306. The largest absolute Gasteiger partial charge is 0.496 e. The highest BCUT2D eigenvalue weighted by atomic mass is 19.1. The van der Waals surface area contributed by atoms with E-state index in [1.165, 1.54) is 12.1 Å². The summed E-state index contributed by atoms with van der Waals surface area (Å²) in [7, 11) is 1.56. The molecule has 1 unspecified atom stereocenters. The first-order valence-corrected chi connectivity index (χ1v) is 6.15. The van der Waals surface area contributed by atoms with Crippen molar-refractivity contribution in [2.24, 2.45) is 0 Å². The highest BCUT2D eigenvalue weighted by Crippen LogP contribution is 2.30. The summed E-state index contributed by atoms with van der Waals surface area (Å²) in [5.41, 5.74) is 0.710. The number of piperazine rings is 1. The van der Waals surface area contributed by atoms with Gasteiger partial charge >= 0.3 is 0 Å². The lowest BCUT2D eigenvalue weighted by atomic mass is 10.0. The van der Waals surface area contributed by atoms with Crippen LogP contribution in [-0.4, -0.2) is 49.9 Å². The lowest BCUT2D eigenvalue weighted by Crippen LogP contribution is -2.46. The van der Waals surface area contributed by atoms with Gasteiger partial charge < -0.3 is 15.2 Å². The molecule has 2 rings (SSSR count). The molecule has 1 aliphatic rings. The predicted octanol–water partition coefficient (Wildman–Crippen LogP) is 0.773. The van der Waals surface area contributed by atoms with Gasteiger partial charge in [-0.2, -0.15) is 0 Å². The number of nitrogens with one attached hydrogen (secondary N) is 1. The van der Waals surface area contributed by atoms with Crippen LogP contribution in [0.5, 0.6) is 5.75 Å². The van der Waals surface area contributed by atoms with Gasteiger partial charge in [-0.15, -0.1) is 0 Å². The van der Waals surface area contributed by atoms with E-state index in [9.17, 15) is 9.50 Å². The van der Waals surface area contributed by atoms with E-state index >= 15 is 0 Å². The molecule has 0 radical (unpaired) electrons. The van der Waals surface area contributed by atoms with Gasteiger partial charge in [0.1, 0.15) is 11.6 Å². The third kappa shape index (κ3) is 2.80. The zero-order valence-corrected chi connectivity index (χ0v) is 10.5. The Balaban J connectivity index is 2.27. The van der Waals surface area contributed by atoms with Crippen molar-refractivity contribution in [1.29, 1.82) is 0 Å². The third-order valence-corrected chi connectivity index (χ3v) is 3.32. The Bertz CT molecular complexity index is 395. The molecule has 18 heavy (non-hydrogen) atoms. The topological polar surface area (TPSA) is 44.7 Å². The number of rotatable bonds is 4. The standard InChI is InChI=1S/C13H19FN2O2/c1-18-13-3-2-10(14)8-11(13)12(9-17)16-6-4-15-5-7-16/h2-3,8,12,15,17H,4-7,9H2,1H3. The molecule has 1 atom stereocenters. The van der Waals surface area contributed by atoms with Crippen molar-refractivity contribution >= 4 is 0 Å². The van der Waals surface area contributed by atoms with Crippen molar-refractivity contribution < 1.29 is 14.2 Å². The third-order valence-electron chi connectivity index (χ3n) is 3.32. The van der Waals surface area contributed by atoms with Gasteiger partial charge in [-0.1, -0.05) is 0 Å². The zero-order valence-electron chi connectivity index (χ0n) is 10.5. The van der Waals surface area contributed by atoms with Crippen LogP contribution in [0.1, 0.15) is 11.6 Å². The van der Waals surface area contributed by atoms with Crippen LogP contribution in [-0.2, 0) is 0 Å². The van der Waals surface area contributed by atoms with E-state index in [-0.39, 0.29) is 18.5 Å². The zero-order chi connectivity index (χ0) is 13.0. The Kier molecular flexibility index (Phi) is 4.52. The molecular formula is C13H19FN2O2. The average molecular weight is 254 g/mol. The first-order chi connectivity index (χ1) is 8.76. The van der Waals surface area contributed by atoms with Crippen molar-refractivity contribution in [3.63, 3.8) is 0 Å². The van der Waals surface area contributed by atoms with Gasteiger partial charge in [-0.25, -0.2) is 4.39 Å². The lowest BCUT2D eigenvalue weighted by molar-refractivity contribution is 0.108. The van der Waals surface area contributed by atoms with Crippen LogP contribution in [0.4, 0.5) is 4.39 Å². The Labute approximate surface area is 106 Å². The smallest absolute Gasteiger partial charge is 0.123 e. The normalized spacial score (nSPS) is 18.6. The van der Waals surface area contributed by atoms with Crippen molar-refractivity contribution in [2.45, 2.75) is 6.04 Å². The van der Waals surface area contributed by atoms with Crippen molar-refractivity contribution in [2.75, 3.05) is 39.9 Å². The molecule has 0 bridgehead atoms. The summed E-state index contributed by atoms with van der Waals surface area (Å²) < 4.78 is 18.6. The minimum absolute atomic E-state index is 0.0419. The highest BCUT2D eigenvalue weighted by Gasteiger charge is 2.24. The van der Waals surface area contributed by atoms with Crippen LogP contribution >= 0.6 is 0 Å². The fourth-order valence-corrected chi connectivity index (χ4v) is 2.37. The molecule has 2 N–H and O–H groups in total. The van der Waals surface area contributed by atoms with Crippen LogP contribution in [0.15, 0.2) is 18.2 Å². The van der Waals surface area contributed by atoms with E-state index in [4.69, 9.17) is 4.74 Å². The molecule has 0 spiro atoms. The molecule has 1 aliphatic heterocycles. The van der Waals surface area contributed by atoms with Crippen LogP contribution in [0.25, 0.3) is 0 Å². The monoisotopic (exact) mass is 254 g/mol. The van der Waals surface area contributed by atoms with E-state index in [2.05, 4.69) is 10.2 Å². The SMILES string of the molecule is COc1ccc(F)cc1C(CO)N1CCNCC1. The maximum atomic E-state index is 13.4. The van der Waals surface area contributed by atoms with E-state index < -0.39 is 0 Å². The molecule has 1 heterocycles. The van der Waals surface area contributed by atoms with E-state index in [0.717, 1.165) is 26.2 Å². The molecule has 0 saturated carbocycles. The summed E-state index contributed by atoms with van der Waals surface area (Å²) in [6.07, 6.45) is 0. The molecule has 1 aromatic carbocycles. The summed E-state index contributed by atoms with van der Waals surface area (Å²) in [6.45, 7) is 3.40. The first kappa shape index (κ1) is 13.3. The predicted molar refractivity (Wildman–Crippen MR) is 67.2 cm³/mol. The van der Waals surface area contributed by atoms with Crippen molar-refractivity contribution in [3.8, 4) is 5.75 Å². The van der Waals surface area contributed by atoms with Crippen molar-refractivity contribution in [3.05, 3.63) is 29.6 Å². The Morgan fingerprint density at radius 2 is 2.17 bits per heavy atom. The quantitative estimate of drug-likeness (QED) is 0.833.